The molecular weight excluding hydrogens is 463 g/mol. The van der Waals surface area contributed by atoms with Gasteiger partial charge in [-0.1, -0.05) is 11.8 Å². The van der Waals surface area contributed by atoms with E-state index >= 15 is 0 Å². The second-order valence-corrected chi connectivity index (χ2v) is 11.3. The Morgan fingerprint density at radius 2 is 2.16 bits per heavy atom. The van der Waals surface area contributed by atoms with Crippen molar-refractivity contribution in [3.05, 3.63) is 12.0 Å². The number of fused-ring (bicyclic) bond motifs is 1. The van der Waals surface area contributed by atoms with Crippen LogP contribution in [0.5, 0.6) is 0 Å². The van der Waals surface area contributed by atoms with Gasteiger partial charge in [0, 0.05) is 25.3 Å². The third-order valence-corrected chi connectivity index (χ3v) is 7.80. The van der Waals surface area contributed by atoms with Crippen molar-refractivity contribution in [3.63, 3.8) is 0 Å². The van der Waals surface area contributed by atoms with E-state index in [-0.39, 0.29) is 42.0 Å². The Hall–Kier alpha value is -1.44. The maximum atomic E-state index is 13.1. The number of thioether (sulfide) groups is 1. The van der Waals surface area contributed by atoms with Crippen LogP contribution in [-0.4, -0.2) is 92.4 Å². The van der Waals surface area contributed by atoms with Gasteiger partial charge in [0.1, 0.15) is 17.8 Å². The standard InChI is InChI=1S/C18H27N4O8PS/c1-11(23)32-8-7-28-31(27,21(3)4)29-9-18(2)15(26)14(25)17(30-18)22-10-20-13-12(24)5-6-19-16(13)22/h6,10,14-15,17,25-26H,5,7-9H2,1-4H3/t14?,15-,17+,18-,31?/m1/s1. The molecule has 32 heavy (non-hydrogen) atoms. The van der Waals surface area contributed by atoms with Gasteiger partial charge in [-0.15, -0.1) is 0 Å². The van der Waals surface area contributed by atoms with Crippen LogP contribution in [0.2, 0.25) is 0 Å². The summed E-state index contributed by atoms with van der Waals surface area (Å²) in [7, 11) is -0.728. The lowest BCUT2D eigenvalue weighted by Crippen LogP contribution is -2.44. The van der Waals surface area contributed by atoms with E-state index in [2.05, 4.69) is 9.98 Å². The van der Waals surface area contributed by atoms with Gasteiger partial charge in [0.05, 0.1) is 19.5 Å². The minimum absolute atomic E-state index is 0.0122. The van der Waals surface area contributed by atoms with Crippen molar-refractivity contribution in [2.45, 2.75) is 44.3 Å². The van der Waals surface area contributed by atoms with Crippen molar-refractivity contribution in [2.75, 3.05) is 33.1 Å². The van der Waals surface area contributed by atoms with Gasteiger partial charge < -0.3 is 14.9 Å². The van der Waals surface area contributed by atoms with Crippen molar-refractivity contribution in [3.8, 4) is 0 Å². The zero-order valence-corrected chi connectivity index (χ0v) is 19.9. The normalized spacial score (nSPS) is 29.3. The number of aliphatic hydroxyl groups is 2. The summed E-state index contributed by atoms with van der Waals surface area (Å²) in [4.78, 5) is 31.3. The van der Waals surface area contributed by atoms with E-state index in [1.807, 2.05) is 0 Å². The number of carbonyl (C=O) groups excluding carboxylic acids is 2. The molecule has 0 aliphatic carbocycles. The first-order chi connectivity index (χ1) is 15.0. The Morgan fingerprint density at radius 1 is 1.44 bits per heavy atom. The van der Waals surface area contributed by atoms with Crippen LogP contribution in [0.4, 0.5) is 5.82 Å². The average Bonchev–Trinajstić information content (AvgIpc) is 3.26. The first-order valence-corrected chi connectivity index (χ1v) is 12.3. The van der Waals surface area contributed by atoms with Crippen LogP contribution in [0.1, 0.15) is 37.0 Å². The Kier molecular flexibility index (Phi) is 7.73. The Bertz CT molecular complexity index is 953. The van der Waals surface area contributed by atoms with Crippen molar-refractivity contribution >= 4 is 42.4 Å². The molecule has 178 valence electrons. The number of carbonyl (C=O) groups is 2. The smallest absolute Gasteiger partial charge is 0.387 e. The van der Waals surface area contributed by atoms with E-state index < -0.39 is 31.8 Å². The maximum Gasteiger partial charge on any atom is 0.407 e. The van der Waals surface area contributed by atoms with Crippen LogP contribution in [0.25, 0.3) is 0 Å². The van der Waals surface area contributed by atoms with Gasteiger partial charge >= 0.3 is 7.75 Å². The molecule has 0 spiro atoms. The Morgan fingerprint density at radius 3 is 2.81 bits per heavy atom. The zero-order chi connectivity index (χ0) is 23.7. The van der Waals surface area contributed by atoms with Gasteiger partial charge in [-0.25, -0.2) is 19.2 Å². The highest BCUT2D eigenvalue weighted by molar-refractivity contribution is 8.13. The molecule has 2 unspecified atom stereocenters. The highest BCUT2D eigenvalue weighted by Crippen LogP contribution is 2.52. The number of hydrogen-bond donors (Lipinski definition) is 2. The molecule has 1 aromatic rings. The summed E-state index contributed by atoms with van der Waals surface area (Å²) in [6, 6.07) is 0. The molecule has 0 bridgehead atoms. The van der Waals surface area contributed by atoms with Gasteiger partial charge in [-0.05, 0) is 21.0 Å². The van der Waals surface area contributed by atoms with Crippen molar-refractivity contribution < 1.29 is 38.2 Å². The molecule has 3 heterocycles. The summed E-state index contributed by atoms with van der Waals surface area (Å²) in [5.41, 5.74) is -1.29. The summed E-state index contributed by atoms with van der Waals surface area (Å²) in [5, 5.41) is 21.2. The second kappa shape index (κ2) is 9.82. The van der Waals surface area contributed by atoms with Crippen LogP contribution in [-0.2, 0) is 23.1 Å². The first kappa shape index (κ1) is 25.2. The third kappa shape index (κ3) is 5.05. The van der Waals surface area contributed by atoms with Gasteiger partial charge in [0.2, 0.25) is 0 Å². The number of Topliss-reactive ketones (excluding diaryl/α,β-unsaturated/α-hetero) is 1. The summed E-state index contributed by atoms with van der Waals surface area (Å²) < 4.78 is 32.6. The molecule has 2 aliphatic rings. The predicted molar refractivity (Wildman–Crippen MR) is 116 cm³/mol. The summed E-state index contributed by atoms with van der Waals surface area (Å²) >= 11 is 1.04. The van der Waals surface area contributed by atoms with Crippen LogP contribution >= 0.6 is 19.5 Å². The monoisotopic (exact) mass is 490 g/mol. The number of aromatic nitrogens is 2. The van der Waals surface area contributed by atoms with Gasteiger partial charge in [0.25, 0.3) is 0 Å². The summed E-state index contributed by atoms with van der Waals surface area (Å²) in [6.45, 7) is 2.57. The third-order valence-electron chi connectivity index (χ3n) is 5.07. The summed E-state index contributed by atoms with van der Waals surface area (Å²) in [5.74, 6) is 0.325. The maximum absolute atomic E-state index is 13.1. The van der Waals surface area contributed by atoms with Crippen LogP contribution in [0.3, 0.4) is 0 Å². The second-order valence-electron chi connectivity index (χ2n) is 7.78. The van der Waals surface area contributed by atoms with Crippen molar-refractivity contribution in [2.24, 2.45) is 4.99 Å². The zero-order valence-electron chi connectivity index (χ0n) is 18.2. The molecule has 1 aromatic heterocycles. The van der Waals surface area contributed by atoms with Gasteiger partial charge in [-0.3, -0.25) is 23.2 Å². The molecular formula is C18H27N4O8PS. The fourth-order valence-corrected chi connectivity index (χ4v) is 5.12. The minimum Gasteiger partial charge on any atom is -0.387 e. The fraction of sp³-hybridized carbons (Fsp3) is 0.667. The molecule has 1 saturated heterocycles. The van der Waals surface area contributed by atoms with E-state index in [9.17, 15) is 24.4 Å². The number of aliphatic imine (C=N–C) groups is 1. The molecule has 12 nitrogen and oxygen atoms in total. The molecule has 1 fully saturated rings. The molecule has 0 radical (unpaired) electrons. The van der Waals surface area contributed by atoms with E-state index in [0.717, 1.165) is 11.8 Å². The minimum atomic E-state index is -3.75. The van der Waals surface area contributed by atoms with Crippen LogP contribution in [0, 0.1) is 0 Å². The number of hydrogen-bond acceptors (Lipinski definition) is 11. The molecule has 5 atom stereocenters. The molecule has 0 aromatic carbocycles. The fourth-order valence-electron chi connectivity index (χ4n) is 3.27. The number of ketones is 1. The quantitative estimate of drug-likeness (QED) is 0.379. The largest absolute Gasteiger partial charge is 0.407 e. The highest BCUT2D eigenvalue weighted by atomic mass is 32.2. The lowest BCUT2D eigenvalue weighted by atomic mass is 9.99. The van der Waals surface area contributed by atoms with E-state index in [4.69, 9.17) is 13.8 Å². The van der Waals surface area contributed by atoms with Crippen molar-refractivity contribution in [1.29, 1.82) is 0 Å². The Labute approximate surface area is 189 Å². The molecule has 14 heteroatoms. The highest BCUT2D eigenvalue weighted by Gasteiger charge is 2.54. The SMILES string of the molecule is CC(=O)SCCOP(=O)(OC[C@@]1(C)O[C@H](n2cnc3c2N=CCC3=O)C(O)[C@H]1O)N(C)C. The predicted octanol–water partition coefficient (Wildman–Crippen LogP) is 1.16. The Balaban J connectivity index is 1.71. The first-order valence-electron chi connectivity index (χ1n) is 9.85. The number of ether oxygens (including phenoxy) is 1. The topological polar surface area (TPSA) is 153 Å². The number of imidazole rings is 1. The molecule has 0 amide bonds. The lowest BCUT2D eigenvalue weighted by Gasteiger charge is -2.31. The molecule has 2 aliphatic heterocycles. The van der Waals surface area contributed by atoms with E-state index in [1.54, 1.807) is 0 Å². The van der Waals surface area contributed by atoms with Crippen LogP contribution < -0.4 is 0 Å². The van der Waals surface area contributed by atoms with Gasteiger partial charge in [0.15, 0.2) is 28.6 Å². The van der Waals surface area contributed by atoms with Crippen molar-refractivity contribution in [1.82, 2.24) is 14.2 Å². The molecule has 3 rings (SSSR count). The summed E-state index contributed by atoms with van der Waals surface area (Å²) in [6.07, 6.45) is -0.989. The average molecular weight is 490 g/mol. The van der Waals surface area contributed by atoms with Crippen LogP contribution in [0.15, 0.2) is 11.3 Å². The number of aliphatic hydroxyl groups excluding tert-OH is 2. The molecule has 0 saturated carbocycles. The lowest BCUT2D eigenvalue weighted by molar-refractivity contribution is -0.114. The number of rotatable bonds is 9. The van der Waals surface area contributed by atoms with E-state index in [1.165, 1.54) is 49.7 Å². The van der Waals surface area contributed by atoms with E-state index in [0.29, 0.717) is 5.75 Å². The molecule has 2 N–H and O–H groups in total. The number of nitrogens with zero attached hydrogens (tertiary/aromatic N) is 4. The van der Waals surface area contributed by atoms with Gasteiger partial charge in [-0.2, -0.15) is 0 Å².